The fraction of sp³-hybridized carbons (Fsp3) is 0.273. The van der Waals surface area contributed by atoms with Crippen molar-refractivity contribution in [2.45, 2.75) is 32.1 Å². The zero-order valence-corrected chi connectivity index (χ0v) is 14.6. The molecule has 2 nitrogen and oxygen atoms in total. The summed E-state index contributed by atoms with van der Waals surface area (Å²) in [4.78, 5) is 9.45. The summed E-state index contributed by atoms with van der Waals surface area (Å²) < 4.78 is 14.8. The highest BCUT2D eigenvalue weighted by Gasteiger charge is 2.37. The molecular weight excluding hydrogens is 311 g/mol. The molecule has 0 saturated heterocycles. The molecule has 3 aromatic rings. The largest absolute Gasteiger partial charge is 0.283 e. The molecular formula is C22H21FN2. The highest BCUT2D eigenvalue weighted by Crippen LogP contribution is 2.40. The van der Waals surface area contributed by atoms with Gasteiger partial charge in [-0.25, -0.2) is 4.39 Å². The SMILES string of the molecule is CCC1(CC)CN=C(c2cnc3ccccc3c2)c2cccc(F)c21. The number of pyridine rings is 1. The first kappa shape index (κ1) is 15.9. The van der Waals surface area contributed by atoms with Gasteiger partial charge < -0.3 is 0 Å². The second-order valence-corrected chi connectivity index (χ2v) is 6.73. The molecule has 0 N–H and O–H groups in total. The summed E-state index contributed by atoms with van der Waals surface area (Å²) in [7, 11) is 0. The molecule has 2 heterocycles. The van der Waals surface area contributed by atoms with E-state index >= 15 is 0 Å². The molecule has 0 unspecified atom stereocenters. The average molecular weight is 332 g/mol. The first-order chi connectivity index (χ1) is 12.2. The van der Waals surface area contributed by atoms with Crippen molar-refractivity contribution in [2.24, 2.45) is 4.99 Å². The number of rotatable bonds is 3. The zero-order valence-electron chi connectivity index (χ0n) is 14.6. The van der Waals surface area contributed by atoms with Crippen LogP contribution in [-0.4, -0.2) is 17.2 Å². The van der Waals surface area contributed by atoms with E-state index in [1.165, 1.54) is 0 Å². The van der Waals surface area contributed by atoms with Crippen LogP contribution < -0.4 is 0 Å². The minimum absolute atomic E-state index is 0.123. The van der Waals surface area contributed by atoms with Crippen LogP contribution in [-0.2, 0) is 5.41 Å². The van der Waals surface area contributed by atoms with Crippen LogP contribution >= 0.6 is 0 Å². The van der Waals surface area contributed by atoms with Gasteiger partial charge in [0.05, 0.1) is 11.2 Å². The lowest BCUT2D eigenvalue weighted by atomic mass is 9.71. The second-order valence-electron chi connectivity index (χ2n) is 6.73. The molecule has 0 bridgehead atoms. The molecule has 2 aromatic carbocycles. The molecule has 1 aromatic heterocycles. The molecule has 126 valence electrons. The van der Waals surface area contributed by atoms with Crippen LogP contribution in [0.25, 0.3) is 10.9 Å². The van der Waals surface area contributed by atoms with Crippen molar-refractivity contribution in [1.82, 2.24) is 4.98 Å². The van der Waals surface area contributed by atoms with Crippen LogP contribution in [0, 0.1) is 5.82 Å². The maximum Gasteiger partial charge on any atom is 0.127 e. The first-order valence-electron chi connectivity index (χ1n) is 8.87. The van der Waals surface area contributed by atoms with Crippen molar-refractivity contribution in [2.75, 3.05) is 6.54 Å². The second kappa shape index (κ2) is 6.07. The van der Waals surface area contributed by atoms with Crippen LogP contribution in [0.3, 0.4) is 0 Å². The highest BCUT2D eigenvalue weighted by atomic mass is 19.1. The molecule has 0 amide bonds. The van der Waals surface area contributed by atoms with Crippen molar-refractivity contribution in [3.63, 3.8) is 0 Å². The number of hydrogen-bond donors (Lipinski definition) is 0. The minimum atomic E-state index is -0.214. The number of aromatic nitrogens is 1. The quantitative estimate of drug-likeness (QED) is 0.640. The van der Waals surface area contributed by atoms with Gasteiger partial charge in [-0.1, -0.05) is 44.2 Å². The Morgan fingerprint density at radius 1 is 1.04 bits per heavy atom. The van der Waals surface area contributed by atoms with E-state index in [0.29, 0.717) is 6.54 Å². The average Bonchev–Trinajstić information content (AvgIpc) is 2.67. The van der Waals surface area contributed by atoms with Gasteiger partial charge in [-0.15, -0.1) is 0 Å². The summed E-state index contributed by atoms with van der Waals surface area (Å²) in [6.45, 7) is 4.87. The Hall–Kier alpha value is -2.55. The van der Waals surface area contributed by atoms with Gasteiger partial charge in [0, 0.05) is 40.2 Å². The van der Waals surface area contributed by atoms with E-state index in [9.17, 15) is 4.39 Å². The van der Waals surface area contributed by atoms with Gasteiger partial charge in [0.15, 0.2) is 0 Å². The normalized spacial score (nSPS) is 15.7. The summed E-state index contributed by atoms with van der Waals surface area (Å²) in [5, 5.41) is 1.07. The summed E-state index contributed by atoms with van der Waals surface area (Å²) in [5.41, 5.74) is 4.27. The van der Waals surface area contributed by atoms with Crippen molar-refractivity contribution in [1.29, 1.82) is 0 Å². The predicted molar refractivity (Wildman–Crippen MR) is 101 cm³/mol. The van der Waals surface area contributed by atoms with Gasteiger partial charge in [0.25, 0.3) is 0 Å². The van der Waals surface area contributed by atoms with Crippen LogP contribution in [0.2, 0.25) is 0 Å². The Morgan fingerprint density at radius 3 is 2.64 bits per heavy atom. The van der Waals surface area contributed by atoms with Crippen LogP contribution in [0.15, 0.2) is 59.7 Å². The molecule has 4 rings (SSSR count). The van der Waals surface area contributed by atoms with E-state index in [2.05, 4.69) is 24.9 Å². The Bertz CT molecular complexity index is 971. The number of hydrogen-bond acceptors (Lipinski definition) is 2. The van der Waals surface area contributed by atoms with Crippen molar-refractivity contribution >= 4 is 16.6 Å². The zero-order chi connectivity index (χ0) is 17.4. The topological polar surface area (TPSA) is 25.2 Å². The fourth-order valence-electron chi connectivity index (χ4n) is 3.93. The van der Waals surface area contributed by atoms with Crippen LogP contribution in [0.5, 0.6) is 0 Å². The third-order valence-electron chi connectivity index (χ3n) is 5.56. The number of benzene rings is 2. The third-order valence-corrected chi connectivity index (χ3v) is 5.56. The summed E-state index contributed by atoms with van der Waals surface area (Å²) in [6.07, 6.45) is 3.61. The molecule has 0 aliphatic carbocycles. The van der Waals surface area contributed by atoms with Gasteiger partial charge in [0.2, 0.25) is 0 Å². The highest BCUT2D eigenvalue weighted by molar-refractivity contribution is 6.15. The van der Waals surface area contributed by atoms with Crippen LogP contribution in [0.1, 0.15) is 43.4 Å². The molecule has 0 radical (unpaired) electrons. The van der Waals surface area contributed by atoms with Gasteiger partial charge in [-0.05, 0) is 31.0 Å². The molecule has 0 spiro atoms. The van der Waals surface area contributed by atoms with Gasteiger partial charge in [-0.3, -0.25) is 9.98 Å². The van der Waals surface area contributed by atoms with Crippen molar-refractivity contribution in [3.05, 3.63) is 77.2 Å². The Balaban J connectivity index is 1.92. The number of para-hydroxylation sites is 1. The Morgan fingerprint density at radius 2 is 1.84 bits per heavy atom. The summed E-state index contributed by atoms with van der Waals surface area (Å²) in [5.74, 6) is -0.123. The predicted octanol–water partition coefficient (Wildman–Crippen LogP) is 5.28. The summed E-state index contributed by atoms with van der Waals surface area (Å²) in [6, 6.07) is 15.5. The molecule has 3 heteroatoms. The van der Waals surface area contributed by atoms with Crippen LogP contribution in [0.4, 0.5) is 4.39 Å². The maximum atomic E-state index is 14.8. The fourth-order valence-corrected chi connectivity index (χ4v) is 3.93. The number of fused-ring (bicyclic) bond motifs is 2. The molecule has 25 heavy (non-hydrogen) atoms. The molecule has 0 fully saturated rings. The lowest BCUT2D eigenvalue weighted by Gasteiger charge is -2.36. The van der Waals surface area contributed by atoms with Crippen molar-refractivity contribution < 1.29 is 4.39 Å². The number of aliphatic imine (C=N–C) groups is 1. The lowest BCUT2D eigenvalue weighted by Crippen LogP contribution is -2.36. The minimum Gasteiger partial charge on any atom is -0.283 e. The summed E-state index contributed by atoms with van der Waals surface area (Å²) >= 11 is 0. The first-order valence-corrected chi connectivity index (χ1v) is 8.87. The van der Waals surface area contributed by atoms with E-state index in [1.54, 1.807) is 12.1 Å². The van der Waals surface area contributed by atoms with E-state index in [0.717, 1.165) is 46.1 Å². The Kier molecular flexibility index (Phi) is 3.87. The third kappa shape index (κ3) is 2.46. The van der Waals surface area contributed by atoms with E-state index in [1.807, 2.05) is 36.5 Å². The smallest absolute Gasteiger partial charge is 0.127 e. The van der Waals surface area contributed by atoms with Gasteiger partial charge >= 0.3 is 0 Å². The molecule has 1 aliphatic heterocycles. The number of halogens is 1. The van der Waals surface area contributed by atoms with E-state index in [4.69, 9.17) is 4.99 Å². The van der Waals surface area contributed by atoms with E-state index < -0.39 is 0 Å². The van der Waals surface area contributed by atoms with Gasteiger partial charge in [0.1, 0.15) is 5.82 Å². The Labute approximate surface area is 147 Å². The van der Waals surface area contributed by atoms with Gasteiger partial charge in [-0.2, -0.15) is 0 Å². The molecule has 1 aliphatic rings. The standard InChI is InChI=1S/C22H21FN2/c1-3-22(4-2)14-25-21(17-9-7-10-18(23)20(17)22)16-12-15-8-5-6-11-19(15)24-13-16/h5-13H,3-4,14H2,1-2H3. The number of nitrogens with zero attached hydrogens (tertiary/aromatic N) is 2. The van der Waals surface area contributed by atoms with Crippen molar-refractivity contribution in [3.8, 4) is 0 Å². The molecule has 0 atom stereocenters. The van der Waals surface area contributed by atoms with E-state index in [-0.39, 0.29) is 11.2 Å². The molecule has 0 saturated carbocycles. The monoisotopic (exact) mass is 332 g/mol. The lowest BCUT2D eigenvalue weighted by molar-refractivity contribution is 0.383. The maximum absolute atomic E-state index is 14.8.